The van der Waals surface area contributed by atoms with Crippen molar-refractivity contribution in [3.8, 4) is 0 Å². The number of aliphatic hydroxyl groups is 1. The van der Waals surface area contributed by atoms with Crippen molar-refractivity contribution in [3.05, 3.63) is 18.3 Å². The van der Waals surface area contributed by atoms with Crippen molar-refractivity contribution in [3.63, 3.8) is 0 Å². The summed E-state index contributed by atoms with van der Waals surface area (Å²) in [4.78, 5) is 4.17. The fraction of sp³-hybridized carbons (Fsp3) is 0.583. The Kier molecular flexibility index (Phi) is 4.83. The van der Waals surface area contributed by atoms with E-state index < -0.39 is 18.3 Å². The van der Waals surface area contributed by atoms with E-state index in [-0.39, 0.29) is 0 Å². The minimum Gasteiger partial charge on any atom is -0.423 e. The van der Waals surface area contributed by atoms with Crippen LogP contribution in [0.2, 0.25) is 0 Å². The Morgan fingerprint density at radius 3 is 2.44 bits per heavy atom. The van der Waals surface area contributed by atoms with E-state index in [1.807, 2.05) is 6.26 Å². The number of hydrogen-bond acceptors (Lipinski definition) is 5. The maximum Gasteiger partial charge on any atom is 0.494 e. The molecule has 100 valence electrons. The van der Waals surface area contributed by atoms with E-state index in [9.17, 15) is 10.1 Å². The SMILES string of the molecule is CSc1ncccc1B(O)OC(C)(C)C(C)(C)O. The molecule has 0 fully saturated rings. The van der Waals surface area contributed by atoms with Crippen LogP contribution in [-0.2, 0) is 4.65 Å². The van der Waals surface area contributed by atoms with Crippen molar-refractivity contribution < 1.29 is 14.8 Å². The first kappa shape index (κ1) is 15.5. The number of rotatable bonds is 5. The van der Waals surface area contributed by atoms with Crippen LogP contribution < -0.4 is 5.46 Å². The molecule has 2 N–H and O–H groups in total. The van der Waals surface area contributed by atoms with Crippen LogP contribution in [0.3, 0.4) is 0 Å². The van der Waals surface area contributed by atoms with Gasteiger partial charge in [0, 0.05) is 11.7 Å². The molecule has 0 aliphatic rings. The Morgan fingerprint density at radius 2 is 1.94 bits per heavy atom. The number of pyridine rings is 1. The highest BCUT2D eigenvalue weighted by molar-refractivity contribution is 7.98. The Hall–Kier alpha value is -0.555. The molecular weight excluding hydrogens is 249 g/mol. The third-order valence-electron chi connectivity index (χ3n) is 3.14. The molecule has 0 saturated heterocycles. The average Bonchev–Trinajstić information content (AvgIpc) is 2.26. The predicted octanol–water partition coefficient (Wildman–Crippen LogP) is 1.06. The zero-order chi connectivity index (χ0) is 14.0. The van der Waals surface area contributed by atoms with Crippen molar-refractivity contribution >= 4 is 24.3 Å². The van der Waals surface area contributed by atoms with Crippen molar-refractivity contribution in [1.29, 1.82) is 0 Å². The van der Waals surface area contributed by atoms with Gasteiger partial charge in [-0.3, -0.25) is 4.98 Å². The normalized spacial score (nSPS) is 12.6. The maximum atomic E-state index is 10.1. The van der Waals surface area contributed by atoms with Gasteiger partial charge in [-0.15, -0.1) is 11.8 Å². The Bertz CT molecular complexity index is 407. The van der Waals surface area contributed by atoms with E-state index in [4.69, 9.17) is 4.65 Å². The summed E-state index contributed by atoms with van der Waals surface area (Å²) in [6, 6.07) is 3.52. The third kappa shape index (κ3) is 3.48. The van der Waals surface area contributed by atoms with Gasteiger partial charge in [-0.2, -0.15) is 0 Å². The van der Waals surface area contributed by atoms with Gasteiger partial charge in [0.05, 0.1) is 16.2 Å². The molecule has 0 radical (unpaired) electrons. The topological polar surface area (TPSA) is 62.6 Å². The minimum absolute atomic E-state index is 0.613. The van der Waals surface area contributed by atoms with E-state index in [1.54, 1.807) is 46.0 Å². The zero-order valence-electron chi connectivity index (χ0n) is 11.5. The molecule has 0 spiro atoms. The molecule has 0 bridgehead atoms. The molecule has 6 heteroatoms. The first-order chi connectivity index (χ1) is 8.19. The number of hydrogen-bond donors (Lipinski definition) is 2. The second kappa shape index (κ2) is 5.61. The van der Waals surface area contributed by atoms with Crippen molar-refractivity contribution in [2.24, 2.45) is 0 Å². The standard InChI is InChI=1S/C12H20BNO3S/c1-11(2,15)12(3,4)17-13(16)9-7-6-8-14-10(9)18-5/h6-8,15-16H,1-5H3. The lowest BCUT2D eigenvalue weighted by atomic mass is 9.77. The van der Waals surface area contributed by atoms with Crippen molar-refractivity contribution in [2.45, 2.75) is 43.9 Å². The minimum atomic E-state index is -1.11. The van der Waals surface area contributed by atoms with Gasteiger partial charge in [-0.1, -0.05) is 6.07 Å². The van der Waals surface area contributed by atoms with Crippen LogP contribution in [0, 0.1) is 0 Å². The van der Waals surface area contributed by atoms with E-state index in [0.29, 0.717) is 5.46 Å². The summed E-state index contributed by atoms with van der Waals surface area (Å²) >= 11 is 1.44. The Labute approximate surface area is 113 Å². The molecule has 0 unspecified atom stereocenters. The predicted molar refractivity (Wildman–Crippen MR) is 75.1 cm³/mol. The second-order valence-corrected chi connectivity index (χ2v) is 5.94. The molecule has 0 aromatic carbocycles. The number of aromatic nitrogens is 1. The van der Waals surface area contributed by atoms with Gasteiger partial charge in [-0.05, 0) is 40.0 Å². The first-order valence-corrected chi connectivity index (χ1v) is 6.98. The molecule has 18 heavy (non-hydrogen) atoms. The fourth-order valence-corrected chi connectivity index (χ4v) is 1.82. The van der Waals surface area contributed by atoms with Crippen LogP contribution in [0.1, 0.15) is 27.7 Å². The molecule has 0 aliphatic heterocycles. The Morgan fingerprint density at radius 1 is 1.33 bits per heavy atom. The summed E-state index contributed by atoms with van der Waals surface area (Å²) in [6.45, 7) is 6.79. The van der Waals surface area contributed by atoms with Crippen LogP contribution in [0.4, 0.5) is 0 Å². The zero-order valence-corrected chi connectivity index (χ0v) is 12.3. The van der Waals surface area contributed by atoms with E-state index in [1.165, 1.54) is 11.8 Å². The summed E-state index contributed by atoms with van der Waals surface area (Å²) in [5.74, 6) is 0. The van der Waals surface area contributed by atoms with Crippen molar-refractivity contribution in [2.75, 3.05) is 6.26 Å². The van der Waals surface area contributed by atoms with Gasteiger partial charge in [0.15, 0.2) is 0 Å². The quantitative estimate of drug-likeness (QED) is 0.618. The molecule has 4 nitrogen and oxygen atoms in total. The molecule has 0 saturated carbocycles. The van der Waals surface area contributed by atoms with Crippen LogP contribution in [-0.4, -0.2) is 39.7 Å². The summed E-state index contributed by atoms with van der Waals surface area (Å²) in [7, 11) is -1.11. The van der Waals surface area contributed by atoms with Gasteiger partial charge < -0.3 is 14.8 Å². The van der Waals surface area contributed by atoms with E-state index in [0.717, 1.165) is 5.03 Å². The van der Waals surface area contributed by atoms with Gasteiger partial charge >= 0.3 is 7.12 Å². The highest BCUT2D eigenvalue weighted by atomic mass is 32.2. The third-order valence-corrected chi connectivity index (χ3v) is 3.87. The maximum absolute atomic E-state index is 10.1. The fourth-order valence-electron chi connectivity index (χ4n) is 1.25. The largest absolute Gasteiger partial charge is 0.494 e. The van der Waals surface area contributed by atoms with E-state index in [2.05, 4.69) is 4.98 Å². The molecule has 0 amide bonds. The molecule has 1 aromatic heterocycles. The highest BCUT2D eigenvalue weighted by Gasteiger charge is 2.40. The molecular formula is C12H20BNO3S. The summed E-state index contributed by atoms with van der Waals surface area (Å²) < 4.78 is 5.58. The molecule has 1 heterocycles. The highest BCUT2D eigenvalue weighted by Crippen LogP contribution is 2.25. The molecule has 1 aromatic rings. The van der Waals surface area contributed by atoms with Crippen molar-refractivity contribution in [1.82, 2.24) is 4.98 Å². The summed E-state index contributed by atoms with van der Waals surface area (Å²) in [5.41, 5.74) is -1.32. The van der Waals surface area contributed by atoms with Crippen LogP contribution in [0.15, 0.2) is 23.4 Å². The number of nitrogens with zero attached hydrogens (tertiary/aromatic N) is 1. The van der Waals surface area contributed by atoms with E-state index >= 15 is 0 Å². The van der Waals surface area contributed by atoms with Crippen LogP contribution >= 0.6 is 11.8 Å². The lowest BCUT2D eigenvalue weighted by molar-refractivity contribution is -0.0983. The lowest BCUT2D eigenvalue weighted by Gasteiger charge is -2.38. The molecule has 1 rings (SSSR count). The second-order valence-electron chi connectivity index (χ2n) is 5.14. The molecule has 0 aliphatic carbocycles. The molecule has 0 atom stereocenters. The van der Waals surface area contributed by atoms with Gasteiger partial charge in [0.25, 0.3) is 0 Å². The van der Waals surface area contributed by atoms with Gasteiger partial charge in [0.2, 0.25) is 0 Å². The summed E-state index contributed by atoms with van der Waals surface area (Å²) in [6.07, 6.45) is 3.56. The van der Waals surface area contributed by atoms with Crippen LogP contribution in [0.25, 0.3) is 0 Å². The lowest BCUT2D eigenvalue weighted by Crippen LogP contribution is -2.53. The first-order valence-electron chi connectivity index (χ1n) is 5.76. The summed E-state index contributed by atoms with van der Waals surface area (Å²) in [5, 5.41) is 20.9. The van der Waals surface area contributed by atoms with Crippen LogP contribution in [0.5, 0.6) is 0 Å². The monoisotopic (exact) mass is 269 g/mol. The Balaban J connectivity index is 2.92. The average molecular weight is 269 g/mol. The van der Waals surface area contributed by atoms with Gasteiger partial charge in [0.1, 0.15) is 0 Å². The van der Waals surface area contributed by atoms with Gasteiger partial charge in [-0.25, -0.2) is 0 Å². The smallest absolute Gasteiger partial charge is 0.423 e. The number of thioether (sulfide) groups is 1.